The van der Waals surface area contributed by atoms with E-state index in [1.54, 1.807) is 6.07 Å². The van der Waals surface area contributed by atoms with Gasteiger partial charge in [0.2, 0.25) is 0 Å². The highest BCUT2D eigenvalue weighted by Gasteiger charge is 2.41. The fraction of sp³-hybridized carbons (Fsp3) is 0.583. The predicted octanol–water partition coefficient (Wildman–Crippen LogP) is 3.45. The first-order valence-electron chi connectivity index (χ1n) is 11.4. The zero-order chi connectivity index (χ0) is 22.7. The Morgan fingerprint density at radius 1 is 1.25 bits per heavy atom. The number of likely N-dealkylation sites (tertiary alicyclic amines) is 1. The molecule has 0 saturated carbocycles. The normalized spacial score (nSPS) is 19.1. The molecule has 174 valence electrons. The molecule has 2 aromatic rings. The molecule has 0 bridgehead atoms. The van der Waals surface area contributed by atoms with Crippen molar-refractivity contribution in [2.75, 3.05) is 39.4 Å². The van der Waals surface area contributed by atoms with Crippen LogP contribution in [0.15, 0.2) is 24.4 Å². The third-order valence-electron chi connectivity index (χ3n) is 6.40. The van der Waals surface area contributed by atoms with E-state index in [9.17, 15) is 9.18 Å². The molecule has 1 aromatic carbocycles. The summed E-state index contributed by atoms with van der Waals surface area (Å²) in [5, 5.41) is 9.71. The van der Waals surface area contributed by atoms with E-state index in [2.05, 4.69) is 23.7 Å². The number of benzene rings is 1. The summed E-state index contributed by atoms with van der Waals surface area (Å²) >= 11 is 1.49. The van der Waals surface area contributed by atoms with Crippen molar-refractivity contribution < 1.29 is 19.0 Å². The molecule has 1 spiro atoms. The number of thiazole rings is 1. The number of piperidine rings is 1. The monoisotopic (exact) mass is 461 g/mol. The van der Waals surface area contributed by atoms with Gasteiger partial charge in [0, 0.05) is 43.9 Å². The largest absolute Gasteiger partial charge is 0.396 e. The molecule has 32 heavy (non-hydrogen) atoms. The lowest BCUT2D eigenvalue weighted by molar-refractivity contribution is -0.127. The number of ether oxygens (including phenoxy) is 1. The Hall–Kier alpha value is -1.87. The predicted molar refractivity (Wildman–Crippen MR) is 122 cm³/mol. The summed E-state index contributed by atoms with van der Waals surface area (Å²) in [6, 6.07) is 5.03. The number of amides is 1. The Morgan fingerprint density at radius 3 is 2.69 bits per heavy atom. The first-order chi connectivity index (χ1) is 15.4. The van der Waals surface area contributed by atoms with Gasteiger partial charge in [0.15, 0.2) is 5.01 Å². The third-order valence-corrected chi connectivity index (χ3v) is 7.69. The molecule has 0 atom stereocenters. The molecular formula is C24H32FN3O3S. The zero-order valence-corrected chi connectivity index (χ0v) is 19.7. The molecule has 0 aliphatic carbocycles. The number of nitrogens with zero attached hydrogens (tertiary/aromatic N) is 3. The van der Waals surface area contributed by atoms with Gasteiger partial charge in [-0.2, -0.15) is 0 Å². The Morgan fingerprint density at radius 2 is 2.00 bits per heavy atom. The number of rotatable bonds is 6. The second kappa shape index (κ2) is 9.95. The number of hydrogen-bond donors (Lipinski definition) is 1. The van der Waals surface area contributed by atoms with Gasteiger partial charge in [-0.15, -0.1) is 11.3 Å². The highest BCUT2D eigenvalue weighted by Crippen LogP contribution is 2.32. The van der Waals surface area contributed by atoms with Crippen molar-refractivity contribution in [1.29, 1.82) is 0 Å². The fourth-order valence-electron chi connectivity index (χ4n) is 4.57. The zero-order valence-electron chi connectivity index (χ0n) is 18.8. The molecule has 2 aliphatic rings. The van der Waals surface area contributed by atoms with Gasteiger partial charge in [-0.1, -0.05) is 19.9 Å². The van der Waals surface area contributed by atoms with E-state index in [1.165, 1.54) is 17.4 Å². The van der Waals surface area contributed by atoms with E-state index in [4.69, 9.17) is 9.84 Å². The van der Waals surface area contributed by atoms with E-state index in [0.717, 1.165) is 41.9 Å². The van der Waals surface area contributed by atoms with Crippen molar-refractivity contribution in [2.45, 2.75) is 51.2 Å². The topological polar surface area (TPSA) is 65.9 Å². The summed E-state index contributed by atoms with van der Waals surface area (Å²) in [6.45, 7) is 8.31. The van der Waals surface area contributed by atoms with Crippen molar-refractivity contribution in [3.63, 3.8) is 0 Å². The first-order valence-corrected chi connectivity index (χ1v) is 12.2. The van der Waals surface area contributed by atoms with Crippen LogP contribution in [0.2, 0.25) is 0 Å². The summed E-state index contributed by atoms with van der Waals surface area (Å²) in [5.74, 6) is 0.113. The van der Waals surface area contributed by atoms with Crippen LogP contribution in [0.3, 0.4) is 0 Å². The lowest BCUT2D eigenvalue weighted by atomic mass is 9.89. The molecule has 2 fully saturated rings. The van der Waals surface area contributed by atoms with Crippen LogP contribution in [0.5, 0.6) is 0 Å². The van der Waals surface area contributed by atoms with Crippen LogP contribution in [0.25, 0.3) is 0 Å². The summed E-state index contributed by atoms with van der Waals surface area (Å²) in [7, 11) is 0. The van der Waals surface area contributed by atoms with Crippen LogP contribution in [-0.4, -0.2) is 70.8 Å². The van der Waals surface area contributed by atoms with Crippen LogP contribution >= 0.6 is 11.3 Å². The maximum absolute atomic E-state index is 13.9. The highest BCUT2D eigenvalue weighted by molar-refractivity contribution is 7.13. The standard InChI is InChI=1S/C24H32FN3O3S/c1-17(2)21-14-26-22(32-21)23(30)28-8-10-31-24(16-28)4-6-27(7-5-24)15-19-11-18(3-9-29)12-20(25)13-19/h11-14,17,29H,3-10,15-16H2,1-2H3. The number of halogens is 1. The molecule has 1 aromatic heterocycles. The molecule has 4 rings (SSSR count). The summed E-state index contributed by atoms with van der Waals surface area (Å²) in [5.41, 5.74) is 1.44. The van der Waals surface area contributed by atoms with E-state index in [1.807, 2.05) is 17.2 Å². The van der Waals surface area contributed by atoms with Gasteiger partial charge < -0.3 is 14.7 Å². The van der Waals surface area contributed by atoms with Crippen molar-refractivity contribution in [2.24, 2.45) is 0 Å². The van der Waals surface area contributed by atoms with Crippen LogP contribution in [-0.2, 0) is 17.7 Å². The maximum atomic E-state index is 13.9. The van der Waals surface area contributed by atoms with E-state index in [0.29, 0.717) is 43.6 Å². The van der Waals surface area contributed by atoms with Gasteiger partial charge in [0.1, 0.15) is 5.82 Å². The molecule has 1 N–H and O–H groups in total. The molecule has 3 heterocycles. The first kappa shape index (κ1) is 23.3. The number of carbonyl (C=O) groups excluding carboxylic acids is 1. The Kier molecular flexibility index (Phi) is 7.24. The quantitative estimate of drug-likeness (QED) is 0.714. The summed E-state index contributed by atoms with van der Waals surface area (Å²) in [4.78, 5) is 22.7. The maximum Gasteiger partial charge on any atom is 0.283 e. The lowest BCUT2D eigenvalue weighted by Crippen LogP contribution is -2.57. The molecule has 1 amide bonds. The lowest BCUT2D eigenvalue weighted by Gasteiger charge is -2.47. The van der Waals surface area contributed by atoms with E-state index < -0.39 is 0 Å². The Bertz CT molecular complexity index is 940. The van der Waals surface area contributed by atoms with Gasteiger partial charge in [-0.3, -0.25) is 9.69 Å². The summed E-state index contributed by atoms with van der Waals surface area (Å²) in [6.07, 6.45) is 3.95. The SMILES string of the molecule is CC(C)c1cnc(C(=O)N2CCOC3(CCN(Cc4cc(F)cc(CCO)c4)CC3)C2)s1. The smallest absolute Gasteiger partial charge is 0.283 e. The number of carbonyl (C=O) groups is 1. The third kappa shape index (κ3) is 5.36. The Labute approximate surface area is 193 Å². The number of morpholine rings is 1. The van der Waals surface area contributed by atoms with Crippen LogP contribution in [0.1, 0.15) is 58.4 Å². The average Bonchev–Trinajstić information content (AvgIpc) is 3.26. The van der Waals surface area contributed by atoms with Gasteiger partial charge >= 0.3 is 0 Å². The number of aromatic nitrogens is 1. The fourth-order valence-corrected chi connectivity index (χ4v) is 5.45. The van der Waals surface area contributed by atoms with Gasteiger partial charge in [0.05, 0.1) is 18.8 Å². The number of hydrogen-bond acceptors (Lipinski definition) is 6. The number of aliphatic hydroxyl groups excluding tert-OH is 1. The van der Waals surface area contributed by atoms with E-state index >= 15 is 0 Å². The molecule has 6 nitrogen and oxygen atoms in total. The van der Waals surface area contributed by atoms with Crippen molar-refractivity contribution >= 4 is 17.2 Å². The minimum atomic E-state index is -0.313. The molecule has 0 unspecified atom stereocenters. The van der Waals surface area contributed by atoms with Crippen molar-refractivity contribution in [3.8, 4) is 0 Å². The van der Waals surface area contributed by atoms with Crippen LogP contribution in [0.4, 0.5) is 4.39 Å². The molecular weight excluding hydrogens is 429 g/mol. The van der Waals surface area contributed by atoms with Crippen molar-refractivity contribution in [3.05, 3.63) is 51.2 Å². The van der Waals surface area contributed by atoms with Crippen molar-refractivity contribution in [1.82, 2.24) is 14.8 Å². The minimum absolute atomic E-state index is 0.00294. The highest BCUT2D eigenvalue weighted by atomic mass is 32.1. The molecule has 2 saturated heterocycles. The summed E-state index contributed by atoms with van der Waals surface area (Å²) < 4.78 is 20.1. The van der Waals surface area contributed by atoms with Crippen LogP contribution in [0, 0.1) is 5.82 Å². The minimum Gasteiger partial charge on any atom is -0.396 e. The average molecular weight is 462 g/mol. The second-order valence-electron chi connectivity index (χ2n) is 9.20. The molecule has 0 radical (unpaired) electrons. The van der Waals surface area contributed by atoms with Gasteiger partial charge in [0.25, 0.3) is 5.91 Å². The molecule has 8 heteroatoms. The van der Waals surface area contributed by atoms with Gasteiger partial charge in [-0.25, -0.2) is 9.37 Å². The molecule has 2 aliphatic heterocycles. The van der Waals surface area contributed by atoms with Crippen LogP contribution < -0.4 is 0 Å². The van der Waals surface area contributed by atoms with E-state index in [-0.39, 0.29) is 23.9 Å². The second-order valence-corrected chi connectivity index (χ2v) is 10.3. The number of aliphatic hydroxyl groups is 1. The van der Waals surface area contributed by atoms with Gasteiger partial charge in [-0.05, 0) is 48.4 Å². The Balaban J connectivity index is 1.35.